The molecule has 0 amide bonds. The first-order chi connectivity index (χ1) is 9.62. The van der Waals surface area contributed by atoms with Crippen molar-refractivity contribution in [3.63, 3.8) is 0 Å². The molecule has 1 aliphatic rings. The second-order valence-corrected chi connectivity index (χ2v) is 4.96. The van der Waals surface area contributed by atoms with Crippen LogP contribution in [0.1, 0.15) is 20.3 Å². The molecule has 0 aromatic carbocycles. The fourth-order valence-corrected chi connectivity index (χ4v) is 2.14. The Hall–Kier alpha value is -1.16. The lowest BCUT2D eigenvalue weighted by atomic mass is 9.86. The van der Waals surface area contributed by atoms with Crippen molar-refractivity contribution in [1.29, 1.82) is 0 Å². The summed E-state index contributed by atoms with van der Waals surface area (Å²) in [6.45, 7) is 1.54. The van der Waals surface area contributed by atoms with Gasteiger partial charge in [0.2, 0.25) is 5.67 Å². The van der Waals surface area contributed by atoms with Gasteiger partial charge in [-0.2, -0.15) is 35.1 Å². The highest BCUT2D eigenvalue weighted by Crippen LogP contribution is 2.70. The number of hydrogen-bond acceptors (Lipinski definition) is 2. The van der Waals surface area contributed by atoms with Crippen LogP contribution in [0, 0.1) is 5.92 Å². The third-order valence-electron chi connectivity index (χ3n) is 3.45. The van der Waals surface area contributed by atoms with Crippen LogP contribution in [0.5, 0.6) is 0 Å². The first kappa shape index (κ1) is 18.9. The largest absolute Gasteiger partial charge is 0.466 e. The lowest BCUT2D eigenvalue weighted by Gasteiger charge is -2.32. The first-order valence-electron chi connectivity index (χ1n) is 5.98. The monoisotopic (exact) mass is 346 g/mol. The number of carbonyl (C=O) groups excluding carboxylic acids is 1. The van der Waals surface area contributed by atoms with Crippen LogP contribution in [0.2, 0.25) is 0 Å². The van der Waals surface area contributed by atoms with E-state index in [1.807, 2.05) is 0 Å². The second kappa shape index (κ2) is 4.92. The molecule has 0 aliphatic heterocycles. The standard InChI is InChI=1S/C11H11F9O2/c1-3-22-6(21)5(2)4-7(12)8(13,14)10(17,18)11(19,20)9(7,15)16/h5H,3-4H2,1-2H3. The summed E-state index contributed by atoms with van der Waals surface area (Å²) in [7, 11) is 0. The topological polar surface area (TPSA) is 26.3 Å². The van der Waals surface area contributed by atoms with Gasteiger partial charge in [0, 0.05) is 6.42 Å². The van der Waals surface area contributed by atoms with E-state index < -0.39 is 47.7 Å². The van der Waals surface area contributed by atoms with E-state index in [0.29, 0.717) is 6.92 Å². The summed E-state index contributed by atoms with van der Waals surface area (Å²) in [4.78, 5) is 11.2. The van der Waals surface area contributed by atoms with Gasteiger partial charge in [0.05, 0.1) is 12.5 Å². The molecule has 11 heteroatoms. The summed E-state index contributed by atoms with van der Waals surface area (Å²) < 4.78 is 123. The Balaban J connectivity index is 3.34. The highest BCUT2D eigenvalue weighted by Gasteiger charge is 3.00. The van der Waals surface area contributed by atoms with Crippen molar-refractivity contribution in [2.24, 2.45) is 5.92 Å². The maximum atomic E-state index is 14.0. The quantitative estimate of drug-likeness (QED) is 0.571. The number of ether oxygens (including phenoxy) is 1. The Kier molecular flexibility index (Phi) is 4.22. The molecule has 1 unspecified atom stereocenters. The molecule has 0 aromatic rings. The predicted molar refractivity (Wildman–Crippen MR) is 54.0 cm³/mol. The highest BCUT2D eigenvalue weighted by molar-refractivity contribution is 5.72. The number of carbonyl (C=O) groups is 1. The van der Waals surface area contributed by atoms with Crippen LogP contribution < -0.4 is 0 Å². The van der Waals surface area contributed by atoms with Crippen molar-refractivity contribution in [1.82, 2.24) is 0 Å². The Morgan fingerprint density at radius 1 is 0.864 bits per heavy atom. The van der Waals surface area contributed by atoms with E-state index in [4.69, 9.17) is 0 Å². The van der Waals surface area contributed by atoms with E-state index in [0.717, 1.165) is 0 Å². The smallest absolute Gasteiger partial charge is 0.381 e. The molecule has 0 heterocycles. The van der Waals surface area contributed by atoms with Gasteiger partial charge >= 0.3 is 29.7 Å². The maximum Gasteiger partial charge on any atom is 0.381 e. The van der Waals surface area contributed by atoms with Gasteiger partial charge in [0.25, 0.3) is 0 Å². The molecule has 0 radical (unpaired) electrons. The number of hydrogen-bond donors (Lipinski definition) is 0. The molecule has 0 bridgehead atoms. The van der Waals surface area contributed by atoms with Crippen molar-refractivity contribution in [2.75, 3.05) is 6.61 Å². The van der Waals surface area contributed by atoms with Gasteiger partial charge in [-0.05, 0) is 6.92 Å². The van der Waals surface area contributed by atoms with E-state index in [1.54, 1.807) is 0 Å². The van der Waals surface area contributed by atoms with E-state index in [1.165, 1.54) is 6.92 Å². The van der Waals surface area contributed by atoms with Crippen LogP contribution in [-0.2, 0) is 9.53 Å². The molecule has 0 spiro atoms. The van der Waals surface area contributed by atoms with Gasteiger partial charge < -0.3 is 4.74 Å². The van der Waals surface area contributed by atoms with Crippen molar-refractivity contribution in [3.05, 3.63) is 0 Å². The summed E-state index contributed by atoms with van der Waals surface area (Å²) in [5.74, 6) is -29.5. The number of halogens is 9. The maximum absolute atomic E-state index is 14.0. The van der Waals surface area contributed by atoms with Gasteiger partial charge in [-0.15, -0.1) is 0 Å². The molecule has 2 nitrogen and oxygen atoms in total. The summed E-state index contributed by atoms with van der Waals surface area (Å²) in [5.41, 5.74) is -5.61. The molecular formula is C11H11F9O2. The van der Waals surface area contributed by atoms with Crippen LogP contribution in [-0.4, -0.2) is 41.9 Å². The molecule has 0 N–H and O–H groups in total. The Labute approximate surface area is 118 Å². The van der Waals surface area contributed by atoms with Crippen LogP contribution in [0.15, 0.2) is 0 Å². The van der Waals surface area contributed by atoms with E-state index in [2.05, 4.69) is 4.74 Å². The van der Waals surface area contributed by atoms with Gasteiger partial charge in [-0.1, -0.05) is 6.92 Å². The van der Waals surface area contributed by atoms with Crippen LogP contribution >= 0.6 is 0 Å². The zero-order valence-corrected chi connectivity index (χ0v) is 11.2. The minimum Gasteiger partial charge on any atom is -0.466 e. The molecule has 1 aliphatic carbocycles. The fourth-order valence-electron chi connectivity index (χ4n) is 2.14. The van der Waals surface area contributed by atoms with Gasteiger partial charge in [-0.25, -0.2) is 4.39 Å². The van der Waals surface area contributed by atoms with E-state index in [9.17, 15) is 44.3 Å². The minimum atomic E-state index is -6.62. The predicted octanol–water partition coefficient (Wildman–Crippen LogP) is 3.84. The molecule has 1 fully saturated rings. The Morgan fingerprint density at radius 2 is 1.23 bits per heavy atom. The normalized spacial score (nSPS) is 28.1. The zero-order chi connectivity index (χ0) is 17.8. The lowest BCUT2D eigenvalue weighted by molar-refractivity contribution is -0.303. The van der Waals surface area contributed by atoms with E-state index >= 15 is 0 Å². The molecule has 22 heavy (non-hydrogen) atoms. The van der Waals surface area contributed by atoms with Gasteiger partial charge in [-0.3, -0.25) is 4.79 Å². The van der Waals surface area contributed by atoms with Crippen molar-refractivity contribution < 1.29 is 49.0 Å². The van der Waals surface area contributed by atoms with Crippen molar-refractivity contribution in [2.45, 2.75) is 49.6 Å². The lowest BCUT2D eigenvalue weighted by Crippen LogP contribution is -2.56. The molecule has 1 saturated carbocycles. The molecule has 1 rings (SSSR count). The van der Waals surface area contributed by atoms with Crippen molar-refractivity contribution >= 4 is 5.97 Å². The second-order valence-electron chi connectivity index (χ2n) is 4.96. The molecule has 0 aromatic heterocycles. The van der Waals surface area contributed by atoms with Crippen LogP contribution in [0.25, 0.3) is 0 Å². The van der Waals surface area contributed by atoms with Crippen LogP contribution in [0.3, 0.4) is 0 Å². The Morgan fingerprint density at radius 3 is 1.55 bits per heavy atom. The Bertz CT molecular complexity index is 434. The number of rotatable bonds is 4. The van der Waals surface area contributed by atoms with Gasteiger partial charge in [0.1, 0.15) is 0 Å². The number of alkyl halides is 9. The molecule has 0 saturated heterocycles. The minimum absolute atomic E-state index is 0.332. The third kappa shape index (κ3) is 1.92. The zero-order valence-electron chi connectivity index (χ0n) is 11.2. The average Bonchev–Trinajstić information content (AvgIpc) is 2.41. The summed E-state index contributed by atoms with van der Waals surface area (Å²) in [6, 6.07) is 0. The fraction of sp³-hybridized carbons (Fsp3) is 0.909. The average molecular weight is 346 g/mol. The molecule has 130 valence electrons. The first-order valence-corrected chi connectivity index (χ1v) is 5.98. The highest BCUT2D eigenvalue weighted by atomic mass is 19.4. The summed E-state index contributed by atoms with van der Waals surface area (Å²) >= 11 is 0. The summed E-state index contributed by atoms with van der Waals surface area (Å²) in [6.07, 6.45) is -2.25. The SMILES string of the molecule is CCOC(=O)C(C)CC1(F)C(F)(F)C(F)(F)C(F)(F)C1(F)F. The summed E-state index contributed by atoms with van der Waals surface area (Å²) in [5, 5.41) is 0. The number of esters is 1. The third-order valence-corrected chi connectivity index (χ3v) is 3.45. The van der Waals surface area contributed by atoms with E-state index in [-0.39, 0.29) is 6.61 Å². The van der Waals surface area contributed by atoms with Crippen molar-refractivity contribution in [3.8, 4) is 0 Å². The molecular weight excluding hydrogens is 335 g/mol. The molecule has 1 atom stereocenters. The van der Waals surface area contributed by atoms with Gasteiger partial charge in [0.15, 0.2) is 0 Å². The van der Waals surface area contributed by atoms with Crippen LogP contribution in [0.4, 0.5) is 39.5 Å².